The molecule has 0 radical (unpaired) electrons. The zero-order valence-electron chi connectivity index (χ0n) is 15.2. The monoisotopic (exact) mass is 416 g/mol. The Morgan fingerprint density at radius 3 is 2.50 bits per heavy atom. The molecule has 2 rings (SSSR count). The van der Waals surface area contributed by atoms with E-state index in [4.69, 9.17) is 11.6 Å². The Hall–Kier alpha value is -1.39. The summed E-state index contributed by atoms with van der Waals surface area (Å²) in [6.45, 7) is 5.41. The van der Waals surface area contributed by atoms with Crippen molar-refractivity contribution in [3.8, 4) is 0 Å². The van der Waals surface area contributed by atoms with Gasteiger partial charge in [-0.25, -0.2) is 0 Å². The molecule has 0 bridgehead atoms. The highest BCUT2D eigenvalue weighted by Gasteiger charge is 2.29. The van der Waals surface area contributed by atoms with Gasteiger partial charge >= 0.3 is 10.2 Å². The first-order chi connectivity index (χ1) is 11.9. The smallest absolute Gasteiger partial charge is 0.322 e. The fraction of sp³-hybridized carbons (Fsp3) is 0.375. The van der Waals surface area contributed by atoms with Crippen LogP contribution in [0.5, 0.6) is 0 Å². The van der Waals surface area contributed by atoms with E-state index in [9.17, 15) is 13.0 Å². The van der Waals surface area contributed by atoms with Gasteiger partial charge in [0.25, 0.3) is 0 Å². The second kappa shape index (κ2) is 7.69. The molecule has 0 N–H and O–H groups in total. The highest BCUT2D eigenvalue weighted by molar-refractivity contribution is 7.91. The molecule has 0 fully saturated rings. The summed E-state index contributed by atoms with van der Waals surface area (Å²) in [7, 11) is -0.927. The minimum atomic E-state index is -3.75. The summed E-state index contributed by atoms with van der Waals surface area (Å²) in [6, 6.07) is 8.38. The standard InChI is InChI=1S/C16H21ClN4O3S2/c1-16(2,3)25(22)19-15(12-7-6-8-13(17)11-12)14-9-10-21(18-14)26(23,24)20(4)5/h6-11H,1-5H3/b19-15+. The van der Waals surface area contributed by atoms with Crippen LogP contribution in [0.1, 0.15) is 32.0 Å². The summed E-state index contributed by atoms with van der Waals surface area (Å²) in [5.74, 6) is 0. The Kier molecular flexibility index (Phi) is 6.19. The Bertz CT molecular complexity index is 918. The van der Waals surface area contributed by atoms with Gasteiger partial charge in [-0.05, 0) is 39.0 Å². The van der Waals surface area contributed by atoms with E-state index in [2.05, 4.69) is 9.50 Å². The van der Waals surface area contributed by atoms with Crippen molar-refractivity contribution >= 4 is 38.9 Å². The van der Waals surface area contributed by atoms with Crippen LogP contribution < -0.4 is 0 Å². The zero-order chi connectivity index (χ0) is 19.7. The molecule has 0 saturated carbocycles. The van der Waals surface area contributed by atoms with E-state index in [0.717, 1.165) is 8.39 Å². The van der Waals surface area contributed by atoms with Crippen LogP contribution in [0, 0.1) is 0 Å². The van der Waals surface area contributed by atoms with Crippen molar-refractivity contribution in [1.82, 2.24) is 13.5 Å². The summed E-state index contributed by atoms with van der Waals surface area (Å²) < 4.78 is 42.7. The van der Waals surface area contributed by atoms with Crippen LogP contribution in [0.4, 0.5) is 0 Å². The molecule has 142 valence electrons. The lowest BCUT2D eigenvalue weighted by molar-refractivity contribution is 0.503. The number of aromatic nitrogens is 2. The molecule has 1 aromatic heterocycles. The fourth-order valence-corrected chi connectivity index (χ4v) is 3.40. The van der Waals surface area contributed by atoms with Crippen molar-refractivity contribution in [1.29, 1.82) is 0 Å². The maximum absolute atomic E-state index is 12.5. The first kappa shape index (κ1) is 20.9. The number of hydrogen-bond donors (Lipinski definition) is 0. The molecule has 26 heavy (non-hydrogen) atoms. The van der Waals surface area contributed by atoms with Crippen LogP contribution >= 0.6 is 11.6 Å². The molecule has 0 amide bonds. The van der Waals surface area contributed by atoms with Crippen molar-refractivity contribution < 1.29 is 13.0 Å². The van der Waals surface area contributed by atoms with Crippen molar-refractivity contribution in [2.45, 2.75) is 25.5 Å². The van der Waals surface area contributed by atoms with Crippen molar-refractivity contribution in [2.24, 2.45) is 4.40 Å². The average molecular weight is 417 g/mol. The van der Waals surface area contributed by atoms with E-state index < -0.39 is 26.3 Å². The summed E-state index contributed by atoms with van der Waals surface area (Å²) in [6.07, 6.45) is 1.32. The van der Waals surface area contributed by atoms with E-state index in [1.165, 1.54) is 26.4 Å². The lowest BCUT2D eigenvalue weighted by Crippen LogP contribution is -2.29. The topological polar surface area (TPSA) is 90.6 Å². The second-order valence-corrected chi connectivity index (χ2v) is 11.0. The SMILES string of the molecule is CN(C)S(=O)(=O)n1ccc(/C(=N/[S+]([O-])C(C)(C)C)c2cccc(Cl)c2)n1. The fourth-order valence-electron chi connectivity index (χ4n) is 1.83. The van der Waals surface area contributed by atoms with Crippen LogP contribution in [0.15, 0.2) is 40.9 Å². The van der Waals surface area contributed by atoms with Crippen LogP contribution in [0.2, 0.25) is 5.02 Å². The van der Waals surface area contributed by atoms with Crippen molar-refractivity contribution in [3.63, 3.8) is 0 Å². The highest BCUT2D eigenvalue weighted by atomic mass is 35.5. The number of halogens is 1. The van der Waals surface area contributed by atoms with Gasteiger partial charge in [-0.2, -0.15) is 21.9 Å². The summed E-state index contributed by atoms with van der Waals surface area (Å²) in [4.78, 5) is 0. The molecule has 0 saturated heterocycles. The van der Waals surface area contributed by atoms with Crippen molar-refractivity contribution in [2.75, 3.05) is 14.1 Å². The largest absolute Gasteiger partial charge is 0.591 e. The lowest BCUT2D eigenvalue weighted by Gasteiger charge is -2.19. The molecule has 1 atom stereocenters. The molecule has 1 heterocycles. The minimum Gasteiger partial charge on any atom is -0.591 e. The minimum absolute atomic E-state index is 0.287. The average Bonchev–Trinajstić information content (AvgIpc) is 3.01. The first-order valence-electron chi connectivity index (χ1n) is 7.68. The summed E-state index contributed by atoms with van der Waals surface area (Å²) in [5, 5.41) is 4.61. The quantitative estimate of drug-likeness (QED) is 0.553. The van der Waals surface area contributed by atoms with Gasteiger partial charge in [-0.1, -0.05) is 28.1 Å². The molecule has 0 aliphatic heterocycles. The summed E-state index contributed by atoms with van der Waals surface area (Å²) >= 11 is 4.50. The normalized spacial score (nSPS) is 14.7. The molecule has 1 unspecified atom stereocenters. The van der Waals surface area contributed by atoms with Crippen LogP contribution in [0.25, 0.3) is 0 Å². The second-order valence-electron chi connectivity index (χ2n) is 6.68. The van der Waals surface area contributed by atoms with Gasteiger partial charge in [0.2, 0.25) is 0 Å². The Balaban J connectivity index is 2.59. The van der Waals surface area contributed by atoms with Gasteiger partial charge in [0.15, 0.2) is 0 Å². The number of rotatable bonds is 5. The van der Waals surface area contributed by atoms with E-state index in [1.807, 2.05) is 0 Å². The molecular formula is C16H21ClN4O3S2. The van der Waals surface area contributed by atoms with E-state index in [0.29, 0.717) is 16.3 Å². The zero-order valence-corrected chi connectivity index (χ0v) is 17.6. The molecule has 7 nitrogen and oxygen atoms in total. The third-order valence-electron chi connectivity index (χ3n) is 3.30. The highest BCUT2D eigenvalue weighted by Crippen LogP contribution is 2.22. The van der Waals surface area contributed by atoms with Gasteiger partial charge in [-0.3, -0.25) is 0 Å². The molecule has 0 aliphatic rings. The molecule has 10 heteroatoms. The van der Waals surface area contributed by atoms with Crippen LogP contribution in [0.3, 0.4) is 0 Å². The predicted octanol–water partition coefficient (Wildman–Crippen LogP) is 2.49. The Morgan fingerprint density at radius 1 is 1.31 bits per heavy atom. The van der Waals surface area contributed by atoms with Crippen LogP contribution in [-0.4, -0.2) is 51.0 Å². The van der Waals surface area contributed by atoms with Gasteiger partial charge < -0.3 is 4.55 Å². The molecular weight excluding hydrogens is 396 g/mol. The number of nitrogens with zero attached hydrogens (tertiary/aromatic N) is 4. The van der Waals surface area contributed by atoms with Gasteiger partial charge in [0, 0.05) is 30.9 Å². The Morgan fingerprint density at radius 2 is 1.96 bits per heavy atom. The first-order valence-corrected chi connectivity index (χ1v) is 10.6. The van der Waals surface area contributed by atoms with Crippen molar-refractivity contribution in [3.05, 3.63) is 52.8 Å². The molecule has 0 aliphatic carbocycles. The third kappa shape index (κ3) is 4.66. The number of benzene rings is 1. The molecule has 0 spiro atoms. The number of hydrogen-bond acceptors (Lipinski definition) is 5. The maximum Gasteiger partial charge on any atom is 0.322 e. The van der Waals surface area contributed by atoms with E-state index in [-0.39, 0.29) is 5.69 Å². The van der Waals surface area contributed by atoms with Gasteiger partial charge in [0.1, 0.15) is 27.5 Å². The summed E-state index contributed by atoms with van der Waals surface area (Å²) in [5.41, 5.74) is 1.20. The predicted molar refractivity (Wildman–Crippen MR) is 105 cm³/mol. The van der Waals surface area contributed by atoms with Gasteiger partial charge in [0.05, 0.1) is 0 Å². The van der Waals surface area contributed by atoms with E-state index in [1.54, 1.807) is 45.0 Å². The molecule has 2 aromatic rings. The third-order valence-corrected chi connectivity index (χ3v) is 6.53. The lowest BCUT2D eigenvalue weighted by atomic mass is 10.1. The maximum atomic E-state index is 12.5. The van der Waals surface area contributed by atoms with Gasteiger partial charge in [-0.15, -0.1) is 0 Å². The molecule has 1 aromatic carbocycles. The van der Waals surface area contributed by atoms with E-state index >= 15 is 0 Å². The van der Waals surface area contributed by atoms with Crippen LogP contribution in [-0.2, 0) is 21.6 Å². The Labute approximate surface area is 162 Å².